The van der Waals surface area contributed by atoms with Gasteiger partial charge in [0.1, 0.15) is 0 Å². The number of carboxylic acids is 1. The quantitative estimate of drug-likeness (QED) is 0.468. The SMILES string of the molecule is CC(CCC(=O)O)NC(=O)NCCNC(=O)C1CC1. The van der Waals surface area contributed by atoms with E-state index in [1.54, 1.807) is 6.92 Å². The molecule has 0 aliphatic heterocycles. The molecule has 3 amide bonds. The standard InChI is InChI=1S/C12H21N3O4/c1-8(2-5-10(16)17)15-12(19)14-7-6-13-11(18)9-3-4-9/h8-9H,2-7H2,1H3,(H,13,18)(H,16,17)(H2,14,15,19). The normalized spacial score (nSPS) is 15.4. The summed E-state index contributed by atoms with van der Waals surface area (Å²) in [6.07, 6.45) is 2.34. The molecule has 108 valence electrons. The summed E-state index contributed by atoms with van der Waals surface area (Å²) in [6, 6.07) is -0.546. The van der Waals surface area contributed by atoms with Crippen molar-refractivity contribution >= 4 is 17.9 Å². The van der Waals surface area contributed by atoms with Gasteiger partial charge in [-0.3, -0.25) is 9.59 Å². The first-order valence-corrected chi connectivity index (χ1v) is 6.53. The van der Waals surface area contributed by atoms with Crippen LogP contribution >= 0.6 is 0 Å². The lowest BCUT2D eigenvalue weighted by Gasteiger charge is -2.13. The third kappa shape index (κ3) is 7.28. The maximum atomic E-state index is 11.4. The summed E-state index contributed by atoms with van der Waals surface area (Å²) in [5.74, 6) is -0.654. The van der Waals surface area contributed by atoms with Gasteiger partial charge in [-0.05, 0) is 26.2 Å². The molecule has 4 N–H and O–H groups in total. The van der Waals surface area contributed by atoms with Crippen LogP contribution in [0.25, 0.3) is 0 Å². The van der Waals surface area contributed by atoms with E-state index < -0.39 is 5.97 Å². The van der Waals surface area contributed by atoms with Crippen molar-refractivity contribution in [2.75, 3.05) is 13.1 Å². The fourth-order valence-corrected chi connectivity index (χ4v) is 1.54. The summed E-state index contributed by atoms with van der Waals surface area (Å²) in [4.78, 5) is 33.0. The maximum absolute atomic E-state index is 11.4. The molecule has 1 aliphatic rings. The van der Waals surface area contributed by atoms with Crippen molar-refractivity contribution in [2.24, 2.45) is 5.92 Å². The average molecular weight is 271 g/mol. The molecule has 1 fully saturated rings. The van der Waals surface area contributed by atoms with Crippen LogP contribution in [0.2, 0.25) is 0 Å². The Morgan fingerprint density at radius 1 is 1.21 bits per heavy atom. The number of carbonyl (C=O) groups excluding carboxylic acids is 2. The van der Waals surface area contributed by atoms with Crippen molar-refractivity contribution in [1.82, 2.24) is 16.0 Å². The minimum absolute atomic E-state index is 0.0267. The van der Waals surface area contributed by atoms with E-state index in [-0.39, 0.29) is 30.3 Å². The minimum atomic E-state index is -0.878. The van der Waals surface area contributed by atoms with E-state index in [4.69, 9.17) is 5.11 Å². The van der Waals surface area contributed by atoms with Gasteiger partial charge in [-0.25, -0.2) is 4.79 Å². The van der Waals surface area contributed by atoms with Gasteiger partial charge in [0.25, 0.3) is 0 Å². The highest BCUT2D eigenvalue weighted by atomic mass is 16.4. The highest BCUT2D eigenvalue weighted by Crippen LogP contribution is 2.28. The van der Waals surface area contributed by atoms with Crippen molar-refractivity contribution in [2.45, 2.75) is 38.6 Å². The molecular formula is C12H21N3O4. The number of hydrogen-bond acceptors (Lipinski definition) is 3. The van der Waals surface area contributed by atoms with Gasteiger partial charge in [-0.15, -0.1) is 0 Å². The second kappa shape index (κ2) is 7.60. The van der Waals surface area contributed by atoms with Crippen molar-refractivity contribution in [1.29, 1.82) is 0 Å². The molecule has 1 rings (SSSR count). The molecular weight excluding hydrogens is 250 g/mol. The molecule has 0 aromatic carbocycles. The van der Waals surface area contributed by atoms with Crippen molar-refractivity contribution < 1.29 is 19.5 Å². The van der Waals surface area contributed by atoms with E-state index in [0.717, 1.165) is 12.8 Å². The Kier molecular flexibility index (Phi) is 6.11. The highest BCUT2D eigenvalue weighted by molar-refractivity contribution is 5.80. The Labute approximate surface area is 112 Å². The molecule has 7 heteroatoms. The van der Waals surface area contributed by atoms with E-state index >= 15 is 0 Å². The largest absolute Gasteiger partial charge is 0.481 e. The van der Waals surface area contributed by atoms with Gasteiger partial charge in [-0.2, -0.15) is 0 Å². The molecule has 0 saturated heterocycles. The second-order valence-corrected chi connectivity index (χ2v) is 4.80. The summed E-state index contributed by atoms with van der Waals surface area (Å²) in [5, 5.41) is 16.5. The third-order valence-electron chi connectivity index (χ3n) is 2.83. The van der Waals surface area contributed by atoms with Gasteiger partial charge in [-0.1, -0.05) is 0 Å². The average Bonchev–Trinajstić information content (AvgIpc) is 3.16. The molecule has 0 spiro atoms. The molecule has 19 heavy (non-hydrogen) atoms. The molecule has 0 aromatic rings. The topological polar surface area (TPSA) is 108 Å². The van der Waals surface area contributed by atoms with Crippen molar-refractivity contribution in [3.63, 3.8) is 0 Å². The zero-order valence-electron chi connectivity index (χ0n) is 11.1. The molecule has 1 saturated carbocycles. The summed E-state index contributed by atoms with van der Waals surface area (Å²) >= 11 is 0. The predicted molar refractivity (Wildman–Crippen MR) is 68.6 cm³/mol. The molecule has 1 aliphatic carbocycles. The molecule has 1 unspecified atom stereocenters. The van der Waals surface area contributed by atoms with Gasteiger partial charge in [0.15, 0.2) is 0 Å². The number of rotatable bonds is 8. The number of hydrogen-bond donors (Lipinski definition) is 4. The van der Waals surface area contributed by atoms with Gasteiger partial charge >= 0.3 is 12.0 Å². The van der Waals surface area contributed by atoms with Crippen LogP contribution < -0.4 is 16.0 Å². The molecule has 1 atom stereocenters. The first kappa shape index (κ1) is 15.3. The van der Waals surface area contributed by atoms with Crippen molar-refractivity contribution in [3.8, 4) is 0 Å². The van der Waals surface area contributed by atoms with Crippen LogP contribution in [0, 0.1) is 5.92 Å². The zero-order valence-corrected chi connectivity index (χ0v) is 11.1. The molecule has 0 bridgehead atoms. The molecule has 0 radical (unpaired) electrons. The van der Waals surface area contributed by atoms with Crippen LogP contribution in [0.3, 0.4) is 0 Å². The first-order chi connectivity index (χ1) is 8.99. The van der Waals surface area contributed by atoms with Crippen LogP contribution in [-0.4, -0.2) is 42.1 Å². The Hall–Kier alpha value is -1.79. The first-order valence-electron chi connectivity index (χ1n) is 6.53. The molecule has 7 nitrogen and oxygen atoms in total. The lowest BCUT2D eigenvalue weighted by Crippen LogP contribution is -2.43. The van der Waals surface area contributed by atoms with E-state index in [1.165, 1.54) is 0 Å². The van der Waals surface area contributed by atoms with Crippen LogP contribution in [0.5, 0.6) is 0 Å². The van der Waals surface area contributed by atoms with Gasteiger partial charge in [0, 0.05) is 31.5 Å². The monoisotopic (exact) mass is 271 g/mol. The van der Waals surface area contributed by atoms with Crippen LogP contribution in [0.15, 0.2) is 0 Å². The minimum Gasteiger partial charge on any atom is -0.481 e. The lowest BCUT2D eigenvalue weighted by molar-refractivity contribution is -0.137. The molecule has 0 heterocycles. The van der Waals surface area contributed by atoms with E-state index in [0.29, 0.717) is 19.5 Å². The van der Waals surface area contributed by atoms with Gasteiger partial charge in [0.2, 0.25) is 5.91 Å². The van der Waals surface area contributed by atoms with Crippen molar-refractivity contribution in [3.05, 3.63) is 0 Å². The highest BCUT2D eigenvalue weighted by Gasteiger charge is 2.28. The van der Waals surface area contributed by atoms with Crippen LogP contribution in [-0.2, 0) is 9.59 Å². The van der Waals surface area contributed by atoms with Gasteiger partial charge < -0.3 is 21.1 Å². The van der Waals surface area contributed by atoms with E-state index in [2.05, 4.69) is 16.0 Å². The maximum Gasteiger partial charge on any atom is 0.315 e. The fourth-order valence-electron chi connectivity index (χ4n) is 1.54. The van der Waals surface area contributed by atoms with Crippen LogP contribution in [0.4, 0.5) is 4.79 Å². The van der Waals surface area contributed by atoms with E-state index in [9.17, 15) is 14.4 Å². The Balaban J connectivity index is 2.00. The number of carbonyl (C=O) groups is 3. The zero-order chi connectivity index (χ0) is 14.3. The Morgan fingerprint density at radius 3 is 2.42 bits per heavy atom. The number of nitrogens with one attached hydrogen (secondary N) is 3. The predicted octanol–water partition coefficient (Wildman–Crippen LogP) is 0.0651. The summed E-state index contributed by atoms with van der Waals surface area (Å²) in [7, 11) is 0. The summed E-state index contributed by atoms with van der Waals surface area (Å²) in [5.41, 5.74) is 0. The number of carboxylic acid groups (broad SMARTS) is 1. The smallest absolute Gasteiger partial charge is 0.315 e. The summed E-state index contributed by atoms with van der Waals surface area (Å²) < 4.78 is 0. The van der Waals surface area contributed by atoms with Crippen LogP contribution in [0.1, 0.15) is 32.6 Å². The number of aliphatic carboxylic acids is 1. The Morgan fingerprint density at radius 2 is 1.84 bits per heavy atom. The summed E-state index contributed by atoms with van der Waals surface area (Å²) in [6.45, 7) is 2.51. The fraction of sp³-hybridized carbons (Fsp3) is 0.750. The van der Waals surface area contributed by atoms with Gasteiger partial charge in [0.05, 0.1) is 0 Å². The number of urea groups is 1. The molecule has 0 aromatic heterocycles. The van der Waals surface area contributed by atoms with E-state index in [1.807, 2.05) is 0 Å². The lowest BCUT2D eigenvalue weighted by atomic mass is 10.2. The number of amides is 3. The third-order valence-corrected chi connectivity index (χ3v) is 2.83. The second-order valence-electron chi connectivity index (χ2n) is 4.80. The Bertz CT molecular complexity index is 342.